The van der Waals surface area contributed by atoms with E-state index in [9.17, 15) is 9.90 Å². The number of anilines is 2. The molecule has 3 aliphatic rings. The molecule has 0 aliphatic carbocycles. The molecule has 2 saturated heterocycles. The second kappa shape index (κ2) is 19.0. The number of hydrogen-bond acceptors (Lipinski definition) is 7. The van der Waals surface area contributed by atoms with Gasteiger partial charge in [0.05, 0.1) is 45.2 Å². The van der Waals surface area contributed by atoms with Gasteiger partial charge in [-0.25, -0.2) is 0 Å². The molecule has 0 radical (unpaired) electrons. The molecule has 11 heteroatoms. The number of aliphatic hydroxyl groups is 1. The van der Waals surface area contributed by atoms with Gasteiger partial charge >= 0.3 is 0 Å². The number of allylic oxidation sites excluding steroid dienone is 3. The largest absolute Gasteiger partial charge is 0.497 e. The van der Waals surface area contributed by atoms with Crippen LogP contribution in [-0.4, -0.2) is 72.9 Å². The summed E-state index contributed by atoms with van der Waals surface area (Å²) in [5, 5.41) is 20.7. The van der Waals surface area contributed by atoms with E-state index in [2.05, 4.69) is 87.5 Å². The van der Waals surface area contributed by atoms with E-state index < -0.39 is 13.7 Å². The lowest BCUT2D eigenvalue weighted by atomic mass is 9.82. The Hall–Kier alpha value is -4.84. The number of carbonyl (C=O) groups excluding carboxylic acids is 2. The van der Waals surface area contributed by atoms with Crippen LogP contribution in [0.5, 0.6) is 5.75 Å². The molecule has 4 aromatic rings. The predicted octanol–water partition coefficient (Wildman–Crippen LogP) is 9.05. The van der Waals surface area contributed by atoms with Crippen LogP contribution in [0.3, 0.4) is 0 Å². The van der Waals surface area contributed by atoms with Crippen LogP contribution in [0.2, 0.25) is 18.6 Å². The number of amides is 2. The number of rotatable bonds is 15. The summed E-state index contributed by atoms with van der Waals surface area (Å²) in [7, 11) is -0.730. The number of ether oxygens (including phenoxy) is 2. The van der Waals surface area contributed by atoms with Gasteiger partial charge in [-0.3, -0.25) is 14.3 Å². The predicted molar refractivity (Wildman–Crippen MR) is 246 cm³/mol. The van der Waals surface area contributed by atoms with E-state index in [0.29, 0.717) is 38.2 Å². The van der Waals surface area contributed by atoms with E-state index in [4.69, 9.17) is 9.47 Å². The van der Waals surface area contributed by atoms with Crippen LogP contribution in [0.15, 0.2) is 102 Å². The second-order valence-corrected chi connectivity index (χ2v) is 22.9. The molecule has 324 valence electrons. The van der Waals surface area contributed by atoms with Crippen molar-refractivity contribution in [1.82, 2.24) is 15.0 Å². The molecule has 1 spiro atoms. The standard InChI is InChI=1S/C50H65N5O5Si/c1-35(2)16-15-17-36(3)27-31-55-45-26-21-39(54-29-14-9-8-13-20-47(54)57)32-43(45)50(49(55)58)37(4)48(61(6,7)41-24-22-40(59-5)23-25-41)46(60-50)28-30-53-33-44(51-52-53)42(34-56)38-18-11-10-12-19-38/h10-12,16,18-19,21-27,32-33,37,42,46,48,56H,8-9,13-15,17,20,28-31,34H2,1-7H3/b36-27+/t37-,42?,46+,48-,50+/m1/s1. The maximum atomic E-state index is 15.6. The maximum Gasteiger partial charge on any atom is 0.264 e. The first-order valence-corrected chi connectivity index (χ1v) is 25.4. The summed E-state index contributed by atoms with van der Waals surface area (Å²) < 4.78 is 14.9. The molecule has 2 fully saturated rings. The van der Waals surface area contributed by atoms with Crippen LogP contribution in [0.1, 0.15) is 102 Å². The van der Waals surface area contributed by atoms with Gasteiger partial charge in [-0.15, -0.1) is 5.10 Å². The zero-order valence-corrected chi connectivity index (χ0v) is 38.3. The van der Waals surface area contributed by atoms with Crippen molar-refractivity contribution in [1.29, 1.82) is 0 Å². The maximum absolute atomic E-state index is 15.6. The number of methoxy groups -OCH3 is 1. The van der Waals surface area contributed by atoms with Crippen LogP contribution >= 0.6 is 0 Å². The fraction of sp³-hybridized carbons (Fsp3) is 0.480. The van der Waals surface area contributed by atoms with Crippen molar-refractivity contribution in [3.63, 3.8) is 0 Å². The molecule has 61 heavy (non-hydrogen) atoms. The molecule has 1 aromatic heterocycles. The Morgan fingerprint density at radius 1 is 1.00 bits per heavy atom. The number of fused-ring (bicyclic) bond motifs is 2. The number of hydrogen-bond donors (Lipinski definition) is 1. The Kier molecular flexibility index (Phi) is 13.8. The SMILES string of the molecule is COc1ccc([Si](C)(C)[C@H]2[C@H](CCn3cc(C(CO)c4ccccc4)nn3)O[C@@]3(C(=O)N(C/C=C(\C)CCC=C(C)C)c4ccc(N5CCCCCCC5=O)cc43)[C@@H]2C)cc1. The molecule has 3 aliphatic heterocycles. The van der Waals surface area contributed by atoms with Gasteiger partial charge < -0.3 is 24.4 Å². The van der Waals surface area contributed by atoms with Crippen molar-refractivity contribution in [2.75, 3.05) is 36.6 Å². The third-order valence-corrected chi connectivity index (χ3v) is 18.0. The van der Waals surface area contributed by atoms with Gasteiger partial charge in [0.15, 0.2) is 5.60 Å². The van der Waals surface area contributed by atoms with Crippen LogP contribution in [0.4, 0.5) is 11.4 Å². The Bertz CT molecular complexity index is 2210. The lowest BCUT2D eigenvalue weighted by Gasteiger charge is -2.37. The molecule has 4 heterocycles. The van der Waals surface area contributed by atoms with Gasteiger partial charge in [0.25, 0.3) is 5.91 Å². The Morgan fingerprint density at radius 3 is 2.48 bits per heavy atom. The highest BCUT2D eigenvalue weighted by Crippen LogP contribution is 2.60. The number of aliphatic hydroxyl groups excluding tert-OH is 1. The van der Waals surface area contributed by atoms with Gasteiger partial charge in [-0.2, -0.15) is 0 Å². The molecule has 3 aromatic carbocycles. The number of aromatic nitrogens is 3. The quantitative estimate of drug-likeness (QED) is 0.0940. The average Bonchev–Trinajstić information content (AvgIpc) is 3.91. The highest BCUT2D eigenvalue weighted by molar-refractivity contribution is 6.91. The summed E-state index contributed by atoms with van der Waals surface area (Å²) in [4.78, 5) is 33.1. The Balaban J connectivity index is 1.29. The van der Waals surface area contributed by atoms with Crippen molar-refractivity contribution in [3.05, 3.63) is 119 Å². The van der Waals surface area contributed by atoms with Crippen molar-refractivity contribution in [2.45, 2.75) is 122 Å². The summed E-state index contributed by atoms with van der Waals surface area (Å²) in [6, 6.07) is 24.5. The highest BCUT2D eigenvalue weighted by atomic mass is 28.3. The number of benzene rings is 3. The van der Waals surface area contributed by atoms with E-state index in [-0.39, 0.29) is 41.9 Å². The van der Waals surface area contributed by atoms with Gasteiger partial charge in [0, 0.05) is 49.4 Å². The first-order chi connectivity index (χ1) is 29.4. The van der Waals surface area contributed by atoms with Gasteiger partial charge in [0.2, 0.25) is 5.91 Å². The van der Waals surface area contributed by atoms with Crippen LogP contribution in [0.25, 0.3) is 0 Å². The normalized spacial score (nSPS) is 22.6. The van der Waals surface area contributed by atoms with Crippen molar-refractivity contribution in [2.24, 2.45) is 5.92 Å². The van der Waals surface area contributed by atoms with Crippen LogP contribution in [-0.2, 0) is 26.5 Å². The molecule has 7 rings (SSSR count). The Labute approximate surface area is 363 Å². The molecule has 1 unspecified atom stereocenters. The fourth-order valence-electron chi connectivity index (χ4n) is 10.2. The monoisotopic (exact) mass is 843 g/mol. The van der Waals surface area contributed by atoms with E-state index >= 15 is 4.79 Å². The summed E-state index contributed by atoms with van der Waals surface area (Å²) in [5.41, 5.74) is 5.56. The summed E-state index contributed by atoms with van der Waals surface area (Å²) >= 11 is 0. The van der Waals surface area contributed by atoms with E-state index in [1.54, 1.807) is 7.11 Å². The zero-order valence-electron chi connectivity index (χ0n) is 37.3. The molecule has 1 N–H and O–H groups in total. The molecule has 2 amide bonds. The van der Waals surface area contributed by atoms with Crippen LogP contribution in [0, 0.1) is 5.92 Å². The molecule has 5 atom stereocenters. The first-order valence-electron chi connectivity index (χ1n) is 22.3. The van der Waals surface area contributed by atoms with Gasteiger partial charge in [-0.05, 0) is 94.3 Å². The third kappa shape index (κ3) is 9.06. The lowest BCUT2D eigenvalue weighted by Crippen LogP contribution is -2.52. The molecular formula is C50H65N5O5Si. The fourth-order valence-corrected chi connectivity index (χ4v) is 14.2. The first kappa shape index (κ1) is 44.2. The minimum Gasteiger partial charge on any atom is -0.497 e. The Morgan fingerprint density at radius 2 is 1.75 bits per heavy atom. The van der Waals surface area contributed by atoms with Crippen molar-refractivity contribution >= 4 is 36.4 Å². The second-order valence-electron chi connectivity index (χ2n) is 18.2. The summed E-state index contributed by atoms with van der Waals surface area (Å²) in [5.74, 6) is 0.428. The topological polar surface area (TPSA) is 110 Å². The number of nitrogens with zero attached hydrogens (tertiary/aromatic N) is 5. The summed E-state index contributed by atoms with van der Waals surface area (Å²) in [6.07, 6.45) is 13.1. The lowest BCUT2D eigenvalue weighted by molar-refractivity contribution is -0.145. The highest BCUT2D eigenvalue weighted by Gasteiger charge is 2.66. The van der Waals surface area contributed by atoms with Crippen molar-refractivity contribution in [3.8, 4) is 5.75 Å². The van der Waals surface area contributed by atoms with Gasteiger partial charge in [-0.1, -0.05) is 109 Å². The van der Waals surface area contributed by atoms with Gasteiger partial charge in [0.1, 0.15) is 5.75 Å². The molecule has 0 saturated carbocycles. The van der Waals surface area contributed by atoms with E-state index in [0.717, 1.165) is 66.8 Å². The molecule has 0 bridgehead atoms. The third-order valence-electron chi connectivity index (χ3n) is 13.6. The smallest absolute Gasteiger partial charge is 0.264 e. The minimum absolute atomic E-state index is 0.0310. The average molecular weight is 844 g/mol. The summed E-state index contributed by atoms with van der Waals surface area (Å²) in [6.45, 7) is 15.0. The zero-order chi connectivity index (χ0) is 43.3. The van der Waals surface area contributed by atoms with Crippen molar-refractivity contribution < 1.29 is 24.2 Å². The minimum atomic E-state index is -2.42. The molecular weight excluding hydrogens is 779 g/mol. The molecule has 10 nitrogen and oxygen atoms in total. The number of carbonyl (C=O) groups is 2. The number of aryl methyl sites for hydroxylation is 1. The van der Waals surface area contributed by atoms with E-state index in [1.807, 2.05) is 69.2 Å². The van der Waals surface area contributed by atoms with E-state index in [1.165, 1.54) is 16.3 Å². The van der Waals surface area contributed by atoms with Crippen LogP contribution < -0.4 is 19.7 Å².